The van der Waals surface area contributed by atoms with Crippen LogP contribution in [0.5, 0.6) is 0 Å². The van der Waals surface area contributed by atoms with Crippen molar-refractivity contribution in [2.75, 3.05) is 11.4 Å². The molecule has 1 saturated heterocycles. The third-order valence-corrected chi connectivity index (χ3v) is 5.68. The third kappa shape index (κ3) is 3.88. The van der Waals surface area contributed by atoms with Crippen molar-refractivity contribution < 1.29 is 9.59 Å². The lowest BCUT2D eigenvalue weighted by Gasteiger charge is -2.25. The summed E-state index contributed by atoms with van der Waals surface area (Å²) in [5, 5.41) is 3.19. The fourth-order valence-electron chi connectivity index (χ4n) is 4.23. The van der Waals surface area contributed by atoms with Crippen LogP contribution >= 0.6 is 0 Å². The van der Waals surface area contributed by atoms with Gasteiger partial charge in [0, 0.05) is 24.7 Å². The lowest BCUT2D eigenvalue weighted by atomic mass is 9.95. The first-order valence-corrected chi connectivity index (χ1v) is 9.85. The summed E-state index contributed by atoms with van der Waals surface area (Å²) in [7, 11) is 0. The van der Waals surface area contributed by atoms with Gasteiger partial charge in [-0.05, 0) is 36.8 Å². The number of rotatable bonds is 5. The third-order valence-electron chi connectivity index (χ3n) is 5.68. The Hall–Kier alpha value is -1.84. The Balaban J connectivity index is 1.73. The van der Waals surface area contributed by atoms with Crippen molar-refractivity contribution in [3.8, 4) is 0 Å². The van der Waals surface area contributed by atoms with Crippen molar-refractivity contribution in [1.29, 1.82) is 0 Å². The summed E-state index contributed by atoms with van der Waals surface area (Å²) in [4.78, 5) is 27.2. The van der Waals surface area contributed by atoms with Gasteiger partial charge in [0.1, 0.15) is 0 Å². The van der Waals surface area contributed by atoms with E-state index in [0.717, 1.165) is 31.4 Å². The van der Waals surface area contributed by atoms with Gasteiger partial charge in [0.05, 0.1) is 5.92 Å². The van der Waals surface area contributed by atoms with E-state index in [1.165, 1.54) is 30.4 Å². The van der Waals surface area contributed by atoms with Crippen LogP contribution in [0.3, 0.4) is 0 Å². The summed E-state index contributed by atoms with van der Waals surface area (Å²) in [6, 6.07) is 6.56. The zero-order valence-corrected chi connectivity index (χ0v) is 15.5. The second-order valence-corrected chi connectivity index (χ2v) is 7.38. The summed E-state index contributed by atoms with van der Waals surface area (Å²) in [5.41, 5.74) is 3.44. The first kappa shape index (κ1) is 18.0. The van der Waals surface area contributed by atoms with Crippen LogP contribution in [0, 0.1) is 5.92 Å². The first-order valence-electron chi connectivity index (χ1n) is 9.85. The lowest BCUT2D eigenvalue weighted by molar-refractivity contribution is -0.127. The van der Waals surface area contributed by atoms with Gasteiger partial charge in [-0.2, -0.15) is 0 Å². The van der Waals surface area contributed by atoms with Crippen LogP contribution in [0.1, 0.15) is 63.5 Å². The number of nitrogens with zero attached hydrogens (tertiary/aromatic N) is 1. The first-order chi connectivity index (χ1) is 12.1. The highest BCUT2D eigenvalue weighted by molar-refractivity contribution is 6.01. The van der Waals surface area contributed by atoms with Crippen LogP contribution in [-0.2, 0) is 22.4 Å². The minimum atomic E-state index is -0.218. The van der Waals surface area contributed by atoms with Gasteiger partial charge < -0.3 is 10.2 Å². The van der Waals surface area contributed by atoms with Gasteiger partial charge in [0.2, 0.25) is 11.8 Å². The Morgan fingerprint density at radius 1 is 1.12 bits per heavy atom. The highest BCUT2D eigenvalue weighted by atomic mass is 16.2. The van der Waals surface area contributed by atoms with E-state index in [4.69, 9.17) is 0 Å². The molecule has 4 heteroatoms. The predicted molar refractivity (Wildman–Crippen MR) is 101 cm³/mol. The smallest absolute Gasteiger partial charge is 0.227 e. The fraction of sp³-hybridized carbons (Fsp3) is 0.619. The zero-order valence-electron chi connectivity index (χ0n) is 15.5. The standard InChI is InChI=1S/C21H30N2O2/c1-3-15-9-8-10-16(4-2)20(15)23-14-17(13-19(23)24)21(25)22-18-11-6-5-7-12-18/h8-10,17-18H,3-7,11-14H2,1-2H3,(H,22,25)/t17-/m0/s1. The normalized spacial score (nSPS) is 21.6. The lowest BCUT2D eigenvalue weighted by Crippen LogP contribution is -2.40. The Bertz CT molecular complexity index is 613. The molecule has 0 unspecified atom stereocenters. The largest absolute Gasteiger partial charge is 0.353 e. The molecule has 0 aromatic heterocycles. The van der Waals surface area contributed by atoms with Crippen LogP contribution in [0.15, 0.2) is 18.2 Å². The number of benzene rings is 1. The summed E-state index contributed by atoms with van der Waals surface area (Å²) >= 11 is 0. The Morgan fingerprint density at radius 2 is 1.76 bits per heavy atom. The number of hydrogen-bond donors (Lipinski definition) is 1. The van der Waals surface area contributed by atoms with E-state index in [9.17, 15) is 9.59 Å². The highest BCUT2D eigenvalue weighted by Gasteiger charge is 2.37. The summed E-state index contributed by atoms with van der Waals surface area (Å²) in [5.74, 6) is -0.0711. The maximum absolute atomic E-state index is 12.7. The molecule has 0 spiro atoms. The molecular formula is C21H30N2O2. The number of carbonyl (C=O) groups excluding carboxylic acids is 2. The molecule has 1 aromatic carbocycles. The minimum Gasteiger partial charge on any atom is -0.353 e. The molecule has 2 fully saturated rings. The number of anilines is 1. The second-order valence-electron chi connectivity index (χ2n) is 7.38. The molecule has 0 bridgehead atoms. The number of nitrogens with one attached hydrogen (secondary N) is 1. The maximum Gasteiger partial charge on any atom is 0.227 e. The van der Waals surface area contributed by atoms with E-state index in [-0.39, 0.29) is 17.7 Å². The monoisotopic (exact) mass is 342 g/mol. The molecule has 4 nitrogen and oxygen atoms in total. The molecule has 2 aliphatic rings. The number of para-hydroxylation sites is 1. The van der Waals surface area contributed by atoms with Gasteiger partial charge in [0.25, 0.3) is 0 Å². The van der Waals surface area contributed by atoms with Crippen molar-refractivity contribution in [2.45, 2.75) is 71.3 Å². The second kappa shape index (κ2) is 8.03. The molecule has 3 rings (SSSR count). The van der Waals surface area contributed by atoms with E-state index in [0.29, 0.717) is 19.0 Å². The molecule has 2 amide bonds. The number of amides is 2. The van der Waals surface area contributed by atoms with Gasteiger partial charge in [-0.25, -0.2) is 0 Å². The SMILES string of the molecule is CCc1cccc(CC)c1N1C[C@@H](C(=O)NC2CCCCC2)CC1=O. The van der Waals surface area contributed by atoms with E-state index in [1.54, 1.807) is 0 Å². The van der Waals surface area contributed by atoms with Crippen molar-refractivity contribution in [1.82, 2.24) is 5.32 Å². The molecule has 1 N–H and O–H groups in total. The molecule has 1 aliphatic heterocycles. The zero-order chi connectivity index (χ0) is 17.8. The van der Waals surface area contributed by atoms with Crippen LogP contribution in [-0.4, -0.2) is 24.4 Å². The van der Waals surface area contributed by atoms with Crippen LogP contribution in [0.25, 0.3) is 0 Å². The van der Waals surface area contributed by atoms with Gasteiger partial charge in [-0.1, -0.05) is 51.3 Å². The Kier molecular flexibility index (Phi) is 5.77. The van der Waals surface area contributed by atoms with Crippen molar-refractivity contribution in [2.24, 2.45) is 5.92 Å². The van der Waals surface area contributed by atoms with Crippen LogP contribution in [0.4, 0.5) is 5.69 Å². The highest BCUT2D eigenvalue weighted by Crippen LogP contribution is 2.32. The summed E-state index contributed by atoms with van der Waals surface area (Å²) in [6.45, 7) is 4.75. The predicted octanol–water partition coefficient (Wildman–Crippen LogP) is 3.61. The molecule has 1 atom stereocenters. The number of aryl methyl sites for hydroxylation is 2. The van der Waals surface area contributed by atoms with Gasteiger partial charge in [-0.3, -0.25) is 9.59 Å². The van der Waals surface area contributed by atoms with E-state index >= 15 is 0 Å². The average molecular weight is 342 g/mol. The Morgan fingerprint density at radius 3 is 2.36 bits per heavy atom. The van der Waals surface area contributed by atoms with Gasteiger partial charge >= 0.3 is 0 Å². The van der Waals surface area contributed by atoms with E-state index in [1.807, 2.05) is 4.90 Å². The molecule has 0 radical (unpaired) electrons. The van der Waals surface area contributed by atoms with Crippen molar-refractivity contribution in [3.63, 3.8) is 0 Å². The van der Waals surface area contributed by atoms with Crippen molar-refractivity contribution in [3.05, 3.63) is 29.3 Å². The Labute approximate surface area is 151 Å². The molecule has 25 heavy (non-hydrogen) atoms. The average Bonchev–Trinajstić information content (AvgIpc) is 3.03. The van der Waals surface area contributed by atoms with E-state index < -0.39 is 0 Å². The van der Waals surface area contributed by atoms with Crippen LogP contribution in [0.2, 0.25) is 0 Å². The summed E-state index contributed by atoms with van der Waals surface area (Å²) in [6.07, 6.45) is 7.95. The molecule has 1 saturated carbocycles. The topological polar surface area (TPSA) is 49.4 Å². The van der Waals surface area contributed by atoms with Crippen molar-refractivity contribution >= 4 is 17.5 Å². The minimum absolute atomic E-state index is 0.0646. The molecule has 1 heterocycles. The molecular weight excluding hydrogens is 312 g/mol. The number of hydrogen-bond acceptors (Lipinski definition) is 2. The molecule has 1 aromatic rings. The van der Waals surface area contributed by atoms with Crippen LogP contribution < -0.4 is 10.2 Å². The fourth-order valence-corrected chi connectivity index (χ4v) is 4.23. The quantitative estimate of drug-likeness (QED) is 0.888. The summed E-state index contributed by atoms with van der Waals surface area (Å²) < 4.78 is 0. The van der Waals surface area contributed by atoms with E-state index in [2.05, 4.69) is 37.4 Å². The maximum atomic E-state index is 12.7. The molecule has 1 aliphatic carbocycles. The molecule has 136 valence electrons. The number of carbonyl (C=O) groups is 2. The van der Waals surface area contributed by atoms with Gasteiger partial charge in [0.15, 0.2) is 0 Å². The van der Waals surface area contributed by atoms with Gasteiger partial charge in [-0.15, -0.1) is 0 Å².